The zero-order valence-corrected chi connectivity index (χ0v) is 14.2. The Kier molecular flexibility index (Phi) is 6.45. The number of aliphatic hydroxyl groups is 1. The fraction of sp³-hybridized carbons (Fsp3) is 0.375. The van der Waals surface area contributed by atoms with Crippen molar-refractivity contribution in [2.75, 3.05) is 38.0 Å². The van der Waals surface area contributed by atoms with Gasteiger partial charge in [0.2, 0.25) is 5.95 Å². The summed E-state index contributed by atoms with van der Waals surface area (Å²) in [6.45, 7) is 0.144. The molecule has 3 N–H and O–H groups in total. The van der Waals surface area contributed by atoms with Gasteiger partial charge in [-0.2, -0.15) is 18.2 Å². The highest BCUT2D eigenvalue weighted by molar-refractivity contribution is 5.62. The van der Waals surface area contributed by atoms with E-state index in [9.17, 15) is 13.2 Å². The summed E-state index contributed by atoms with van der Waals surface area (Å²) in [5.41, 5.74) is -0.648. The Morgan fingerprint density at radius 1 is 1.04 bits per heavy atom. The summed E-state index contributed by atoms with van der Waals surface area (Å²) in [4.78, 5) is 7.50. The minimum absolute atomic E-state index is 0.0471. The number of alkyl halides is 3. The molecule has 2 aromatic rings. The van der Waals surface area contributed by atoms with E-state index in [4.69, 9.17) is 14.6 Å². The van der Waals surface area contributed by atoms with Gasteiger partial charge in [0.15, 0.2) is 5.69 Å². The third-order valence-electron chi connectivity index (χ3n) is 3.26. The minimum atomic E-state index is -4.63. The quantitative estimate of drug-likeness (QED) is 0.614. The summed E-state index contributed by atoms with van der Waals surface area (Å²) in [7, 11) is 2.93. The molecule has 26 heavy (non-hydrogen) atoms. The van der Waals surface area contributed by atoms with Crippen LogP contribution in [0.25, 0.3) is 0 Å². The molecule has 1 heterocycles. The Bertz CT molecular complexity index is 719. The van der Waals surface area contributed by atoms with E-state index in [0.29, 0.717) is 23.6 Å². The van der Waals surface area contributed by atoms with Gasteiger partial charge < -0.3 is 25.2 Å². The molecule has 0 aliphatic rings. The molecule has 0 saturated heterocycles. The molecule has 0 bridgehead atoms. The van der Waals surface area contributed by atoms with Crippen molar-refractivity contribution in [3.8, 4) is 11.5 Å². The first-order valence-corrected chi connectivity index (χ1v) is 7.67. The molecule has 0 spiro atoms. The molecule has 0 fully saturated rings. The number of ether oxygens (including phenoxy) is 2. The first kappa shape index (κ1) is 19.6. The van der Waals surface area contributed by atoms with Gasteiger partial charge in [-0.25, -0.2) is 4.98 Å². The van der Waals surface area contributed by atoms with E-state index in [0.717, 1.165) is 6.07 Å². The average Bonchev–Trinajstić information content (AvgIpc) is 2.60. The Morgan fingerprint density at radius 2 is 1.69 bits per heavy atom. The topological polar surface area (TPSA) is 88.5 Å². The molecule has 0 aliphatic heterocycles. The molecule has 7 nitrogen and oxygen atoms in total. The van der Waals surface area contributed by atoms with Crippen molar-refractivity contribution in [2.24, 2.45) is 0 Å². The summed E-state index contributed by atoms with van der Waals surface area (Å²) >= 11 is 0. The summed E-state index contributed by atoms with van der Waals surface area (Å²) in [6, 6.07) is 5.63. The van der Waals surface area contributed by atoms with Crippen LogP contribution in [0, 0.1) is 0 Å². The van der Waals surface area contributed by atoms with E-state index in [1.165, 1.54) is 14.2 Å². The normalized spacial score (nSPS) is 11.2. The van der Waals surface area contributed by atoms with Gasteiger partial charge in [-0.15, -0.1) is 0 Å². The average molecular weight is 372 g/mol. The van der Waals surface area contributed by atoms with E-state index >= 15 is 0 Å². The van der Waals surface area contributed by atoms with E-state index in [2.05, 4.69) is 20.6 Å². The van der Waals surface area contributed by atoms with Gasteiger partial charge in [-0.05, 0) is 6.42 Å². The molecule has 1 aromatic heterocycles. The first-order valence-electron chi connectivity index (χ1n) is 7.67. The number of aromatic nitrogens is 2. The SMILES string of the molecule is COc1cc(Nc2cc(C(F)(F)F)nc(NCCCO)n2)cc(OC)c1. The van der Waals surface area contributed by atoms with Crippen LogP contribution in [0.4, 0.5) is 30.6 Å². The highest BCUT2D eigenvalue weighted by Gasteiger charge is 2.33. The largest absolute Gasteiger partial charge is 0.497 e. The number of aliphatic hydroxyl groups excluding tert-OH is 1. The molecule has 142 valence electrons. The lowest BCUT2D eigenvalue weighted by atomic mass is 10.2. The van der Waals surface area contributed by atoms with Crippen molar-refractivity contribution >= 4 is 17.5 Å². The van der Waals surface area contributed by atoms with Gasteiger partial charge in [0, 0.05) is 43.1 Å². The van der Waals surface area contributed by atoms with Crippen molar-refractivity contribution in [3.63, 3.8) is 0 Å². The second-order valence-electron chi connectivity index (χ2n) is 5.19. The van der Waals surface area contributed by atoms with E-state index in [1.54, 1.807) is 18.2 Å². The standard InChI is InChI=1S/C16H19F3N4O3/c1-25-11-6-10(7-12(8-11)26-2)21-14-9-13(16(17,18)19)22-15(23-14)20-4-3-5-24/h6-9,24H,3-5H2,1-2H3,(H2,20,21,22,23). The fourth-order valence-electron chi connectivity index (χ4n) is 2.04. The van der Waals surface area contributed by atoms with Gasteiger partial charge >= 0.3 is 6.18 Å². The van der Waals surface area contributed by atoms with Gasteiger partial charge in [-0.3, -0.25) is 0 Å². The second kappa shape index (κ2) is 8.56. The van der Waals surface area contributed by atoms with Crippen LogP contribution in [-0.2, 0) is 6.18 Å². The van der Waals surface area contributed by atoms with E-state index in [-0.39, 0.29) is 24.9 Å². The number of hydrogen-bond acceptors (Lipinski definition) is 7. The molecular weight excluding hydrogens is 353 g/mol. The van der Waals surface area contributed by atoms with Crippen LogP contribution < -0.4 is 20.1 Å². The van der Waals surface area contributed by atoms with Crippen LogP contribution >= 0.6 is 0 Å². The molecular formula is C16H19F3N4O3. The van der Waals surface area contributed by atoms with Crippen LogP contribution in [0.2, 0.25) is 0 Å². The van der Waals surface area contributed by atoms with E-state index < -0.39 is 11.9 Å². The van der Waals surface area contributed by atoms with Crippen molar-refractivity contribution in [1.82, 2.24) is 9.97 Å². The molecule has 0 saturated carbocycles. The molecule has 0 aliphatic carbocycles. The van der Waals surface area contributed by atoms with Crippen molar-refractivity contribution in [2.45, 2.75) is 12.6 Å². The Morgan fingerprint density at radius 3 is 2.23 bits per heavy atom. The minimum Gasteiger partial charge on any atom is -0.497 e. The number of nitrogens with zero attached hydrogens (tertiary/aromatic N) is 2. The van der Waals surface area contributed by atoms with Crippen LogP contribution in [0.3, 0.4) is 0 Å². The van der Waals surface area contributed by atoms with Crippen molar-refractivity contribution in [1.29, 1.82) is 0 Å². The van der Waals surface area contributed by atoms with Crippen LogP contribution in [0.1, 0.15) is 12.1 Å². The van der Waals surface area contributed by atoms with Gasteiger partial charge in [-0.1, -0.05) is 0 Å². The number of benzene rings is 1. The zero-order valence-electron chi connectivity index (χ0n) is 14.2. The lowest BCUT2D eigenvalue weighted by Gasteiger charge is -2.14. The number of nitrogens with one attached hydrogen (secondary N) is 2. The predicted molar refractivity (Wildman–Crippen MR) is 90.1 cm³/mol. The van der Waals surface area contributed by atoms with Crippen molar-refractivity contribution < 1.29 is 27.8 Å². The lowest BCUT2D eigenvalue weighted by Crippen LogP contribution is -2.14. The number of anilines is 3. The molecule has 0 amide bonds. The van der Waals surface area contributed by atoms with E-state index in [1.807, 2.05) is 0 Å². The van der Waals surface area contributed by atoms with Gasteiger partial charge in [0.25, 0.3) is 0 Å². The summed E-state index contributed by atoms with van der Waals surface area (Å²) < 4.78 is 49.5. The lowest BCUT2D eigenvalue weighted by molar-refractivity contribution is -0.141. The Balaban J connectivity index is 2.34. The second-order valence-corrected chi connectivity index (χ2v) is 5.19. The maximum atomic E-state index is 13.1. The predicted octanol–water partition coefficient (Wildman–Crippen LogP) is 3.05. The molecule has 0 radical (unpaired) electrons. The van der Waals surface area contributed by atoms with Gasteiger partial charge in [0.05, 0.1) is 14.2 Å². The maximum Gasteiger partial charge on any atom is 0.433 e. The number of halogens is 3. The van der Waals surface area contributed by atoms with Crippen LogP contribution in [0.5, 0.6) is 11.5 Å². The number of rotatable bonds is 8. The summed E-state index contributed by atoms with van der Waals surface area (Å²) in [5.74, 6) is 0.705. The molecule has 1 aromatic carbocycles. The Hall–Kier alpha value is -2.75. The third-order valence-corrected chi connectivity index (χ3v) is 3.26. The van der Waals surface area contributed by atoms with Crippen LogP contribution in [-0.4, -0.2) is 42.4 Å². The Labute approximate surface area is 148 Å². The molecule has 0 unspecified atom stereocenters. The molecule has 10 heteroatoms. The monoisotopic (exact) mass is 372 g/mol. The zero-order chi connectivity index (χ0) is 19.2. The van der Waals surface area contributed by atoms with Gasteiger partial charge in [0.1, 0.15) is 17.3 Å². The number of hydrogen-bond donors (Lipinski definition) is 3. The third kappa shape index (κ3) is 5.38. The first-order chi connectivity index (χ1) is 12.4. The van der Waals surface area contributed by atoms with Crippen molar-refractivity contribution in [3.05, 3.63) is 30.0 Å². The number of methoxy groups -OCH3 is 2. The fourth-order valence-corrected chi connectivity index (χ4v) is 2.04. The smallest absolute Gasteiger partial charge is 0.433 e. The highest BCUT2D eigenvalue weighted by Crippen LogP contribution is 2.32. The maximum absolute atomic E-state index is 13.1. The summed E-state index contributed by atoms with van der Waals surface area (Å²) in [6.07, 6.45) is -4.27. The summed E-state index contributed by atoms with van der Waals surface area (Å²) in [5, 5.41) is 14.2. The molecule has 2 rings (SSSR count). The van der Waals surface area contributed by atoms with Crippen LogP contribution in [0.15, 0.2) is 24.3 Å². The molecule has 0 atom stereocenters. The highest BCUT2D eigenvalue weighted by atomic mass is 19.4.